The van der Waals surface area contributed by atoms with Crippen molar-refractivity contribution in [1.82, 2.24) is 0 Å². The lowest BCUT2D eigenvalue weighted by atomic mass is 10.1. The second-order valence-corrected chi connectivity index (χ2v) is 3.27. The van der Waals surface area contributed by atoms with Gasteiger partial charge in [0.25, 0.3) is 0 Å². The second kappa shape index (κ2) is 6.03. The number of benzene rings is 1. The van der Waals surface area contributed by atoms with Crippen LogP contribution in [-0.4, -0.2) is 28.4 Å². The number of methoxy groups -OCH3 is 4. The lowest BCUT2D eigenvalue weighted by Gasteiger charge is -2.17. The Kier molecular flexibility index (Phi) is 4.69. The van der Waals surface area contributed by atoms with E-state index in [4.69, 9.17) is 18.9 Å². The molecule has 0 spiro atoms. The highest BCUT2D eigenvalue weighted by molar-refractivity contribution is 5.70. The standard InChI is InChI=1S/C13H18O4/c1-6-7-9-8-10(14-2)12(16-4)13(17-5)11(9)15-3/h6-8H,1-5H3/b7-6-. The van der Waals surface area contributed by atoms with Crippen molar-refractivity contribution >= 4 is 6.08 Å². The van der Waals surface area contributed by atoms with Gasteiger partial charge < -0.3 is 18.9 Å². The highest BCUT2D eigenvalue weighted by atomic mass is 16.5. The third-order valence-electron chi connectivity index (χ3n) is 2.36. The van der Waals surface area contributed by atoms with E-state index in [1.807, 2.05) is 25.1 Å². The molecule has 0 N–H and O–H groups in total. The van der Waals surface area contributed by atoms with Gasteiger partial charge in [-0.05, 0) is 13.0 Å². The minimum absolute atomic E-state index is 0.528. The van der Waals surface area contributed by atoms with Gasteiger partial charge in [0.15, 0.2) is 11.5 Å². The predicted octanol–water partition coefficient (Wildman–Crippen LogP) is 2.75. The zero-order chi connectivity index (χ0) is 12.8. The first-order chi connectivity index (χ1) is 8.23. The van der Waals surface area contributed by atoms with Crippen LogP contribution in [-0.2, 0) is 0 Å². The molecule has 0 amide bonds. The molecule has 17 heavy (non-hydrogen) atoms. The molecular formula is C13H18O4. The van der Waals surface area contributed by atoms with Gasteiger partial charge in [-0.1, -0.05) is 12.2 Å². The maximum Gasteiger partial charge on any atom is 0.207 e. The monoisotopic (exact) mass is 238 g/mol. The summed E-state index contributed by atoms with van der Waals surface area (Å²) in [6.45, 7) is 1.93. The van der Waals surface area contributed by atoms with E-state index < -0.39 is 0 Å². The van der Waals surface area contributed by atoms with Crippen LogP contribution in [0.25, 0.3) is 6.08 Å². The molecule has 0 radical (unpaired) electrons. The van der Waals surface area contributed by atoms with E-state index in [0.29, 0.717) is 23.0 Å². The van der Waals surface area contributed by atoms with Crippen molar-refractivity contribution in [1.29, 1.82) is 0 Å². The van der Waals surface area contributed by atoms with E-state index in [0.717, 1.165) is 5.56 Å². The number of hydrogen-bond acceptors (Lipinski definition) is 4. The van der Waals surface area contributed by atoms with Crippen LogP contribution in [0.15, 0.2) is 12.1 Å². The quantitative estimate of drug-likeness (QED) is 0.790. The second-order valence-electron chi connectivity index (χ2n) is 3.27. The molecule has 0 saturated heterocycles. The highest BCUT2D eigenvalue weighted by Gasteiger charge is 2.19. The third kappa shape index (κ3) is 2.46. The molecule has 0 unspecified atom stereocenters. The van der Waals surface area contributed by atoms with Gasteiger partial charge in [-0.15, -0.1) is 0 Å². The molecule has 0 aliphatic carbocycles. The van der Waals surface area contributed by atoms with E-state index in [2.05, 4.69) is 0 Å². The van der Waals surface area contributed by atoms with Gasteiger partial charge in [0, 0.05) is 5.56 Å². The van der Waals surface area contributed by atoms with Crippen molar-refractivity contribution in [3.05, 3.63) is 17.7 Å². The summed E-state index contributed by atoms with van der Waals surface area (Å²) in [5.41, 5.74) is 0.879. The van der Waals surface area contributed by atoms with Crippen molar-refractivity contribution in [2.45, 2.75) is 6.92 Å². The van der Waals surface area contributed by atoms with Crippen molar-refractivity contribution in [2.75, 3.05) is 28.4 Å². The molecular weight excluding hydrogens is 220 g/mol. The van der Waals surface area contributed by atoms with Gasteiger partial charge in [-0.25, -0.2) is 0 Å². The first-order valence-electron chi connectivity index (χ1n) is 5.23. The maximum absolute atomic E-state index is 5.35. The SMILES string of the molecule is C/C=C\c1cc(OC)c(OC)c(OC)c1OC. The number of hydrogen-bond donors (Lipinski definition) is 0. The van der Waals surface area contributed by atoms with Crippen molar-refractivity contribution < 1.29 is 18.9 Å². The normalized spacial score (nSPS) is 10.4. The fraction of sp³-hybridized carbons (Fsp3) is 0.385. The number of rotatable bonds is 5. The van der Waals surface area contributed by atoms with Crippen LogP contribution in [0.1, 0.15) is 12.5 Å². The molecule has 0 aliphatic heterocycles. The molecule has 0 aromatic heterocycles. The van der Waals surface area contributed by atoms with E-state index in [1.165, 1.54) is 0 Å². The smallest absolute Gasteiger partial charge is 0.207 e. The van der Waals surface area contributed by atoms with Gasteiger partial charge in [0.05, 0.1) is 28.4 Å². The summed E-state index contributed by atoms with van der Waals surface area (Å²) in [6.07, 6.45) is 3.84. The van der Waals surface area contributed by atoms with Gasteiger partial charge in [0.2, 0.25) is 11.5 Å². The molecule has 94 valence electrons. The topological polar surface area (TPSA) is 36.9 Å². The fourth-order valence-electron chi connectivity index (χ4n) is 1.66. The van der Waals surface area contributed by atoms with Gasteiger partial charge >= 0.3 is 0 Å². The Bertz CT molecular complexity index is 410. The molecule has 4 heteroatoms. The third-order valence-corrected chi connectivity index (χ3v) is 2.36. The molecule has 0 bridgehead atoms. The van der Waals surface area contributed by atoms with Crippen LogP contribution in [0.2, 0.25) is 0 Å². The van der Waals surface area contributed by atoms with Crippen LogP contribution in [0.4, 0.5) is 0 Å². The van der Waals surface area contributed by atoms with Gasteiger partial charge in [-0.2, -0.15) is 0 Å². The molecule has 0 aliphatic rings. The van der Waals surface area contributed by atoms with Gasteiger partial charge in [0.1, 0.15) is 0 Å². The number of ether oxygens (including phenoxy) is 4. The summed E-state index contributed by atoms with van der Waals surface area (Å²) in [6, 6.07) is 1.85. The first kappa shape index (κ1) is 13.2. The van der Waals surface area contributed by atoms with Crippen LogP contribution in [0.3, 0.4) is 0 Å². The largest absolute Gasteiger partial charge is 0.493 e. The summed E-state index contributed by atoms with van der Waals surface area (Å²) in [7, 11) is 6.31. The Morgan fingerprint density at radius 1 is 0.824 bits per heavy atom. The molecule has 0 fully saturated rings. The molecule has 0 saturated carbocycles. The maximum atomic E-state index is 5.35. The Morgan fingerprint density at radius 3 is 1.82 bits per heavy atom. The number of allylic oxidation sites excluding steroid dienone is 1. The average Bonchev–Trinajstić information content (AvgIpc) is 2.37. The zero-order valence-corrected chi connectivity index (χ0v) is 10.9. The van der Waals surface area contributed by atoms with Crippen molar-refractivity contribution in [3.63, 3.8) is 0 Å². The summed E-state index contributed by atoms with van der Waals surface area (Å²) < 4.78 is 21.2. The zero-order valence-electron chi connectivity index (χ0n) is 10.9. The minimum atomic E-state index is 0.528. The molecule has 1 rings (SSSR count). The summed E-state index contributed by atoms with van der Waals surface area (Å²) >= 11 is 0. The molecule has 0 atom stereocenters. The lowest BCUT2D eigenvalue weighted by molar-refractivity contribution is 0.305. The van der Waals surface area contributed by atoms with E-state index in [-0.39, 0.29) is 0 Å². The fourth-order valence-corrected chi connectivity index (χ4v) is 1.66. The first-order valence-corrected chi connectivity index (χ1v) is 5.23. The summed E-state index contributed by atoms with van der Waals surface area (Å²) in [5, 5.41) is 0. The van der Waals surface area contributed by atoms with Crippen molar-refractivity contribution in [3.8, 4) is 23.0 Å². The average molecular weight is 238 g/mol. The molecule has 1 aromatic rings. The summed E-state index contributed by atoms with van der Waals surface area (Å²) in [4.78, 5) is 0. The summed E-state index contributed by atoms with van der Waals surface area (Å²) in [5.74, 6) is 2.30. The van der Waals surface area contributed by atoms with Gasteiger partial charge in [-0.3, -0.25) is 0 Å². The van der Waals surface area contributed by atoms with Crippen LogP contribution in [0.5, 0.6) is 23.0 Å². The molecule has 1 aromatic carbocycles. The lowest BCUT2D eigenvalue weighted by Crippen LogP contribution is -1.99. The Hall–Kier alpha value is -1.84. The highest BCUT2D eigenvalue weighted by Crippen LogP contribution is 2.46. The van der Waals surface area contributed by atoms with Crippen LogP contribution < -0.4 is 18.9 Å². The Labute approximate surface area is 102 Å². The minimum Gasteiger partial charge on any atom is -0.493 e. The predicted molar refractivity (Wildman–Crippen MR) is 67.4 cm³/mol. The molecule has 4 nitrogen and oxygen atoms in total. The Balaban J connectivity index is 3.54. The van der Waals surface area contributed by atoms with E-state index in [1.54, 1.807) is 28.4 Å². The van der Waals surface area contributed by atoms with Crippen LogP contribution >= 0.6 is 0 Å². The van der Waals surface area contributed by atoms with Crippen LogP contribution in [0, 0.1) is 0 Å². The van der Waals surface area contributed by atoms with E-state index in [9.17, 15) is 0 Å². The van der Waals surface area contributed by atoms with E-state index >= 15 is 0 Å². The molecule has 0 heterocycles. The van der Waals surface area contributed by atoms with Crippen molar-refractivity contribution in [2.24, 2.45) is 0 Å². The Morgan fingerprint density at radius 2 is 1.41 bits per heavy atom.